The molecular formula is C11H26N2O3S. The number of nitrogens with zero attached hydrogens (tertiary/aromatic N) is 1. The Hall–Kier alpha value is -0.170. The van der Waals surface area contributed by atoms with Crippen LogP contribution in [0.4, 0.5) is 0 Å². The molecule has 0 amide bonds. The third kappa shape index (κ3) is 6.98. The molecule has 0 aliphatic heterocycles. The zero-order chi connectivity index (χ0) is 13.3. The minimum Gasteiger partial charge on any atom is -0.379 e. The van der Waals surface area contributed by atoms with E-state index in [2.05, 4.69) is 0 Å². The first-order valence-electron chi connectivity index (χ1n) is 6.23. The molecule has 0 aromatic carbocycles. The average molecular weight is 266 g/mol. The second-order valence-corrected chi connectivity index (χ2v) is 6.32. The van der Waals surface area contributed by atoms with Crippen molar-refractivity contribution in [1.29, 1.82) is 0 Å². The van der Waals surface area contributed by atoms with Crippen LogP contribution in [0, 0.1) is 0 Å². The van der Waals surface area contributed by atoms with E-state index in [1.165, 1.54) is 4.31 Å². The SMILES string of the molecule is CCCCS(=O)(=O)N(CCOCCN)C(C)C. The first kappa shape index (κ1) is 16.8. The summed E-state index contributed by atoms with van der Waals surface area (Å²) in [7, 11) is -3.15. The number of hydrogen-bond acceptors (Lipinski definition) is 4. The number of rotatable bonds is 10. The minimum atomic E-state index is -3.15. The molecule has 104 valence electrons. The maximum Gasteiger partial charge on any atom is 0.214 e. The molecule has 0 unspecified atom stereocenters. The second-order valence-electron chi connectivity index (χ2n) is 4.28. The predicted octanol–water partition coefficient (Wildman–Crippen LogP) is 0.802. The van der Waals surface area contributed by atoms with Crippen LogP contribution in [0.5, 0.6) is 0 Å². The highest BCUT2D eigenvalue weighted by atomic mass is 32.2. The highest BCUT2D eigenvalue weighted by Crippen LogP contribution is 2.09. The molecule has 0 aromatic heterocycles. The Kier molecular flexibility index (Phi) is 8.77. The summed E-state index contributed by atoms with van der Waals surface area (Å²) in [5, 5.41) is 0. The molecule has 0 saturated carbocycles. The summed E-state index contributed by atoms with van der Waals surface area (Å²) in [6.45, 7) is 7.49. The van der Waals surface area contributed by atoms with Gasteiger partial charge in [-0.05, 0) is 20.3 Å². The zero-order valence-electron chi connectivity index (χ0n) is 11.2. The quantitative estimate of drug-likeness (QED) is 0.594. The number of sulfonamides is 1. The van der Waals surface area contributed by atoms with Gasteiger partial charge in [-0.2, -0.15) is 4.31 Å². The summed E-state index contributed by atoms with van der Waals surface area (Å²) in [5.41, 5.74) is 5.30. The third-order valence-electron chi connectivity index (χ3n) is 2.41. The maximum absolute atomic E-state index is 12.0. The number of ether oxygens (including phenoxy) is 1. The van der Waals surface area contributed by atoms with Crippen molar-refractivity contribution in [1.82, 2.24) is 4.31 Å². The molecule has 0 fully saturated rings. The van der Waals surface area contributed by atoms with Crippen LogP contribution in [0.2, 0.25) is 0 Å². The minimum absolute atomic E-state index is 0.0293. The summed E-state index contributed by atoms with van der Waals surface area (Å²) in [5.74, 6) is 0.221. The lowest BCUT2D eigenvalue weighted by molar-refractivity contribution is 0.124. The second kappa shape index (κ2) is 8.85. The van der Waals surface area contributed by atoms with E-state index in [0.29, 0.717) is 32.7 Å². The largest absolute Gasteiger partial charge is 0.379 e. The van der Waals surface area contributed by atoms with Gasteiger partial charge in [-0.15, -0.1) is 0 Å². The fourth-order valence-corrected chi connectivity index (χ4v) is 3.39. The molecule has 5 nitrogen and oxygen atoms in total. The van der Waals surface area contributed by atoms with Crippen molar-refractivity contribution in [3.63, 3.8) is 0 Å². The van der Waals surface area contributed by atoms with Crippen molar-refractivity contribution in [3.05, 3.63) is 0 Å². The smallest absolute Gasteiger partial charge is 0.214 e. The van der Waals surface area contributed by atoms with E-state index in [-0.39, 0.29) is 11.8 Å². The lowest BCUT2D eigenvalue weighted by Crippen LogP contribution is -2.40. The first-order chi connectivity index (χ1) is 7.95. The number of unbranched alkanes of at least 4 members (excludes halogenated alkanes) is 1. The molecule has 0 aromatic rings. The first-order valence-corrected chi connectivity index (χ1v) is 7.84. The van der Waals surface area contributed by atoms with Crippen LogP contribution >= 0.6 is 0 Å². The fraction of sp³-hybridized carbons (Fsp3) is 1.00. The van der Waals surface area contributed by atoms with Crippen LogP contribution in [-0.2, 0) is 14.8 Å². The van der Waals surface area contributed by atoms with Crippen LogP contribution < -0.4 is 5.73 Å². The standard InChI is InChI=1S/C11H26N2O3S/c1-4-5-10-17(14,15)13(11(2)3)7-9-16-8-6-12/h11H,4-10,12H2,1-3H3. The van der Waals surface area contributed by atoms with Gasteiger partial charge in [0.25, 0.3) is 0 Å². The molecule has 0 radical (unpaired) electrons. The van der Waals surface area contributed by atoms with Gasteiger partial charge in [0.2, 0.25) is 10.0 Å². The van der Waals surface area contributed by atoms with E-state index < -0.39 is 10.0 Å². The average Bonchev–Trinajstić information content (AvgIpc) is 2.25. The molecule has 0 rings (SSSR count). The van der Waals surface area contributed by atoms with Gasteiger partial charge in [0, 0.05) is 19.1 Å². The van der Waals surface area contributed by atoms with Crippen molar-refractivity contribution < 1.29 is 13.2 Å². The summed E-state index contributed by atoms with van der Waals surface area (Å²) >= 11 is 0. The molecular weight excluding hydrogens is 240 g/mol. The van der Waals surface area contributed by atoms with Crippen LogP contribution in [0.1, 0.15) is 33.6 Å². The highest BCUT2D eigenvalue weighted by Gasteiger charge is 2.23. The molecule has 0 bridgehead atoms. The summed E-state index contributed by atoms with van der Waals surface area (Å²) in [6.07, 6.45) is 1.59. The topological polar surface area (TPSA) is 72.6 Å². The van der Waals surface area contributed by atoms with Crippen molar-refractivity contribution >= 4 is 10.0 Å². The van der Waals surface area contributed by atoms with Crippen molar-refractivity contribution in [2.24, 2.45) is 5.73 Å². The predicted molar refractivity (Wildman–Crippen MR) is 70.4 cm³/mol. The Balaban J connectivity index is 4.30. The van der Waals surface area contributed by atoms with Crippen LogP contribution in [-0.4, -0.2) is 50.8 Å². The lowest BCUT2D eigenvalue weighted by atomic mass is 10.4. The summed E-state index contributed by atoms with van der Waals surface area (Å²) in [4.78, 5) is 0. The van der Waals surface area contributed by atoms with Crippen LogP contribution in [0.15, 0.2) is 0 Å². The van der Waals surface area contributed by atoms with Crippen molar-refractivity contribution in [2.45, 2.75) is 39.7 Å². The van der Waals surface area contributed by atoms with E-state index >= 15 is 0 Å². The van der Waals surface area contributed by atoms with Gasteiger partial charge in [-0.3, -0.25) is 0 Å². The van der Waals surface area contributed by atoms with E-state index in [9.17, 15) is 8.42 Å². The molecule has 0 saturated heterocycles. The molecule has 17 heavy (non-hydrogen) atoms. The third-order valence-corrected chi connectivity index (χ3v) is 4.53. The maximum atomic E-state index is 12.0. The lowest BCUT2D eigenvalue weighted by Gasteiger charge is -2.25. The van der Waals surface area contributed by atoms with Gasteiger partial charge in [-0.1, -0.05) is 13.3 Å². The monoisotopic (exact) mass is 266 g/mol. The van der Waals surface area contributed by atoms with Gasteiger partial charge in [0.05, 0.1) is 19.0 Å². The number of hydrogen-bond donors (Lipinski definition) is 1. The Bertz CT molecular complexity index is 278. The van der Waals surface area contributed by atoms with Gasteiger partial charge >= 0.3 is 0 Å². The highest BCUT2D eigenvalue weighted by molar-refractivity contribution is 7.89. The zero-order valence-corrected chi connectivity index (χ0v) is 12.0. The Morgan fingerprint density at radius 1 is 1.29 bits per heavy atom. The molecule has 0 heterocycles. The van der Waals surface area contributed by atoms with Gasteiger partial charge in [-0.25, -0.2) is 8.42 Å². The van der Waals surface area contributed by atoms with Crippen LogP contribution in [0.3, 0.4) is 0 Å². The number of nitrogens with two attached hydrogens (primary N) is 1. The molecule has 0 aliphatic rings. The molecule has 0 aliphatic carbocycles. The molecule has 0 atom stereocenters. The Morgan fingerprint density at radius 2 is 1.94 bits per heavy atom. The molecule has 0 spiro atoms. The van der Waals surface area contributed by atoms with E-state index in [1.807, 2.05) is 20.8 Å². The Morgan fingerprint density at radius 3 is 2.41 bits per heavy atom. The van der Waals surface area contributed by atoms with Gasteiger partial charge in [0.1, 0.15) is 0 Å². The summed E-state index contributed by atoms with van der Waals surface area (Å²) < 4.78 is 30.8. The molecule has 6 heteroatoms. The van der Waals surface area contributed by atoms with Gasteiger partial charge < -0.3 is 10.5 Å². The molecule has 2 N–H and O–H groups in total. The van der Waals surface area contributed by atoms with E-state index in [0.717, 1.165) is 6.42 Å². The van der Waals surface area contributed by atoms with Gasteiger partial charge in [0.15, 0.2) is 0 Å². The van der Waals surface area contributed by atoms with Crippen LogP contribution in [0.25, 0.3) is 0 Å². The van der Waals surface area contributed by atoms with E-state index in [4.69, 9.17) is 10.5 Å². The van der Waals surface area contributed by atoms with E-state index in [1.54, 1.807) is 0 Å². The normalized spacial score (nSPS) is 12.6. The Labute approximate surface area is 105 Å². The summed E-state index contributed by atoms with van der Waals surface area (Å²) in [6, 6.07) is -0.0293. The fourth-order valence-electron chi connectivity index (χ4n) is 1.50. The van der Waals surface area contributed by atoms with Crippen molar-refractivity contribution in [3.8, 4) is 0 Å². The van der Waals surface area contributed by atoms with Crippen molar-refractivity contribution in [2.75, 3.05) is 32.1 Å².